The molecule has 4 nitrogen and oxygen atoms in total. The van der Waals surface area contributed by atoms with E-state index in [9.17, 15) is 9.59 Å². The number of hydrogen-bond acceptors (Lipinski definition) is 4. The topological polar surface area (TPSA) is 40.6 Å². The highest BCUT2D eigenvalue weighted by Gasteiger charge is 2.43. The molecule has 2 amide bonds. The molecule has 1 aromatic carbocycles. The second-order valence-corrected chi connectivity index (χ2v) is 7.91. The number of piperidine rings is 1. The molecule has 26 heavy (non-hydrogen) atoms. The molecule has 0 aliphatic carbocycles. The quantitative estimate of drug-likeness (QED) is 0.767. The van der Waals surface area contributed by atoms with E-state index in [1.807, 2.05) is 49.6 Å². The largest absolute Gasteiger partial charge is 0.366 e. The Kier molecular flexibility index (Phi) is 4.41. The third kappa shape index (κ3) is 2.76. The number of carbonyl (C=O) groups excluding carboxylic acids is 2. The summed E-state index contributed by atoms with van der Waals surface area (Å²) in [4.78, 5) is 31.0. The summed E-state index contributed by atoms with van der Waals surface area (Å²) in [6, 6.07) is 9.62. The Morgan fingerprint density at radius 3 is 2.35 bits per heavy atom. The highest BCUT2D eigenvalue weighted by Crippen LogP contribution is 2.37. The van der Waals surface area contributed by atoms with Gasteiger partial charge in [0.1, 0.15) is 5.70 Å². The van der Waals surface area contributed by atoms with Crippen molar-refractivity contribution in [2.45, 2.75) is 33.1 Å². The molecule has 2 aromatic rings. The van der Waals surface area contributed by atoms with E-state index in [0.29, 0.717) is 17.0 Å². The maximum absolute atomic E-state index is 13.3. The summed E-state index contributed by atoms with van der Waals surface area (Å²) < 4.78 is 0. The summed E-state index contributed by atoms with van der Waals surface area (Å²) in [5.74, 6) is -0.398. The van der Waals surface area contributed by atoms with Crippen molar-refractivity contribution in [1.29, 1.82) is 0 Å². The maximum atomic E-state index is 13.3. The number of imide groups is 1. The molecule has 0 spiro atoms. The molecule has 0 radical (unpaired) electrons. The van der Waals surface area contributed by atoms with Gasteiger partial charge in [0.25, 0.3) is 11.8 Å². The molecule has 0 bridgehead atoms. The van der Waals surface area contributed by atoms with Gasteiger partial charge in [-0.15, -0.1) is 11.3 Å². The predicted molar refractivity (Wildman–Crippen MR) is 105 cm³/mol. The van der Waals surface area contributed by atoms with Crippen LogP contribution in [0.1, 0.15) is 35.3 Å². The molecule has 3 heterocycles. The van der Waals surface area contributed by atoms with Crippen molar-refractivity contribution in [3.63, 3.8) is 0 Å². The minimum absolute atomic E-state index is 0.191. The van der Waals surface area contributed by atoms with Gasteiger partial charge in [0.05, 0.1) is 11.3 Å². The monoisotopic (exact) mass is 366 g/mol. The van der Waals surface area contributed by atoms with E-state index in [4.69, 9.17) is 0 Å². The van der Waals surface area contributed by atoms with E-state index in [2.05, 4.69) is 4.90 Å². The lowest BCUT2D eigenvalue weighted by Gasteiger charge is -2.29. The van der Waals surface area contributed by atoms with Crippen LogP contribution in [0.25, 0.3) is 5.57 Å². The zero-order chi connectivity index (χ0) is 18.3. The smallest absolute Gasteiger partial charge is 0.282 e. The number of rotatable bonds is 3. The Morgan fingerprint density at radius 1 is 0.923 bits per heavy atom. The standard InChI is InChI=1S/C21H22N2O2S/c1-14-8-9-16(13-15(14)2)23-20(24)18(17-7-6-12-26-17)19(21(23)25)22-10-4-3-5-11-22/h6-9,12-13H,3-5,10-11H2,1-2H3. The summed E-state index contributed by atoms with van der Waals surface area (Å²) in [5.41, 5.74) is 4.02. The molecular formula is C21H22N2O2S. The summed E-state index contributed by atoms with van der Waals surface area (Å²) >= 11 is 1.51. The van der Waals surface area contributed by atoms with Gasteiger partial charge in [0.15, 0.2) is 0 Å². The Balaban J connectivity index is 1.81. The minimum atomic E-state index is -0.207. The predicted octanol–water partition coefficient (Wildman–Crippen LogP) is 4.14. The van der Waals surface area contributed by atoms with Gasteiger partial charge in [-0.3, -0.25) is 9.59 Å². The molecule has 1 saturated heterocycles. The van der Waals surface area contributed by atoms with Crippen LogP contribution < -0.4 is 4.90 Å². The average molecular weight is 366 g/mol. The van der Waals surface area contributed by atoms with Crippen LogP contribution in [0.3, 0.4) is 0 Å². The first-order valence-electron chi connectivity index (χ1n) is 9.07. The first kappa shape index (κ1) is 17.0. The van der Waals surface area contributed by atoms with E-state index < -0.39 is 0 Å². The number of thiophene rings is 1. The fourth-order valence-corrected chi connectivity index (χ4v) is 4.43. The van der Waals surface area contributed by atoms with Crippen LogP contribution in [-0.4, -0.2) is 29.8 Å². The van der Waals surface area contributed by atoms with Gasteiger partial charge in [-0.25, -0.2) is 4.90 Å². The molecular weight excluding hydrogens is 344 g/mol. The number of aryl methyl sites for hydroxylation is 2. The van der Waals surface area contributed by atoms with Gasteiger partial charge in [-0.1, -0.05) is 12.1 Å². The highest BCUT2D eigenvalue weighted by molar-refractivity contribution is 7.11. The molecule has 2 aliphatic heterocycles. The second kappa shape index (κ2) is 6.72. The summed E-state index contributed by atoms with van der Waals surface area (Å²) in [5, 5.41) is 1.95. The number of benzene rings is 1. The summed E-state index contributed by atoms with van der Waals surface area (Å²) in [6.45, 7) is 5.71. The highest BCUT2D eigenvalue weighted by atomic mass is 32.1. The first-order valence-corrected chi connectivity index (χ1v) is 9.95. The van der Waals surface area contributed by atoms with Crippen LogP contribution in [-0.2, 0) is 9.59 Å². The molecule has 2 aliphatic rings. The van der Waals surface area contributed by atoms with Gasteiger partial charge in [-0.2, -0.15) is 0 Å². The van der Waals surface area contributed by atoms with Crippen molar-refractivity contribution >= 4 is 34.4 Å². The van der Waals surface area contributed by atoms with E-state index in [-0.39, 0.29) is 11.8 Å². The zero-order valence-electron chi connectivity index (χ0n) is 15.1. The van der Waals surface area contributed by atoms with Crippen LogP contribution >= 0.6 is 11.3 Å². The Bertz CT molecular complexity index is 893. The molecule has 0 N–H and O–H groups in total. The molecule has 134 valence electrons. The molecule has 0 atom stereocenters. The van der Waals surface area contributed by atoms with Crippen molar-refractivity contribution in [3.05, 3.63) is 57.4 Å². The van der Waals surface area contributed by atoms with Crippen molar-refractivity contribution in [3.8, 4) is 0 Å². The van der Waals surface area contributed by atoms with Gasteiger partial charge in [0, 0.05) is 18.0 Å². The number of nitrogens with zero attached hydrogens (tertiary/aromatic N) is 2. The van der Waals surface area contributed by atoms with Crippen molar-refractivity contribution < 1.29 is 9.59 Å². The van der Waals surface area contributed by atoms with Gasteiger partial charge in [-0.05, 0) is 67.8 Å². The fraction of sp³-hybridized carbons (Fsp3) is 0.333. The summed E-state index contributed by atoms with van der Waals surface area (Å²) in [7, 11) is 0. The second-order valence-electron chi connectivity index (χ2n) is 6.96. The van der Waals surface area contributed by atoms with Crippen molar-refractivity contribution in [2.75, 3.05) is 18.0 Å². The Morgan fingerprint density at radius 2 is 1.69 bits per heavy atom. The van der Waals surface area contributed by atoms with Crippen LogP contribution in [0.5, 0.6) is 0 Å². The van der Waals surface area contributed by atoms with E-state index in [1.54, 1.807) is 0 Å². The number of amides is 2. The normalized spacial score (nSPS) is 18.2. The van der Waals surface area contributed by atoms with E-state index in [0.717, 1.165) is 41.9 Å². The van der Waals surface area contributed by atoms with Crippen LogP contribution in [0.4, 0.5) is 5.69 Å². The maximum Gasteiger partial charge on any atom is 0.282 e. The average Bonchev–Trinajstić information content (AvgIpc) is 3.25. The third-order valence-electron chi connectivity index (χ3n) is 5.25. The lowest BCUT2D eigenvalue weighted by Crippen LogP contribution is -2.37. The van der Waals surface area contributed by atoms with Gasteiger partial charge >= 0.3 is 0 Å². The molecule has 0 unspecified atom stereocenters. The zero-order valence-corrected chi connectivity index (χ0v) is 15.9. The van der Waals surface area contributed by atoms with Crippen LogP contribution in [0, 0.1) is 13.8 Å². The summed E-state index contributed by atoms with van der Waals surface area (Å²) in [6.07, 6.45) is 3.31. The number of anilines is 1. The number of hydrogen-bond donors (Lipinski definition) is 0. The molecule has 1 aromatic heterocycles. The number of carbonyl (C=O) groups is 2. The Labute approximate surface area is 157 Å². The molecule has 0 saturated carbocycles. The molecule has 5 heteroatoms. The molecule has 1 fully saturated rings. The molecule has 4 rings (SSSR count). The third-order valence-corrected chi connectivity index (χ3v) is 6.14. The number of likely N-dealkylation sites (tertiary alicyclic amines) is 1. The lowest BCUT2D eigenvalue weighted by molar-refractivity contribution is -0.120. The van der Waals surface area contributed by atoms with Crippen molar-refractivity contribution in [2.24, 2.45) is 0 Å². The van der Waals surface area contributed by atoms with Gasteiger partial charge < -0.3 is 4.90 Å². The van der Waals surface area contributed by atoms with E-state index >= 15 is 0 Å². The first-order chi connectivity index (χ1) is 12.6. The van der Waals surface area contributed by atoms with Crippen LogP contribution in [0.15, 0.2) is 41.4 Å². The Hall–Kier alpha value is -2.40. The van der Waals surface area contributed by atoms with Crippen LogP contribution in [0.2, 0.25) is 0 Å². The minimum Gasteiger partial charge on any atom is -0.366 e. The lowest BCUT2D eigenvalue weighted by atomic mass is 10.1. The van der Waals surface area contributed by atoms with Gasteiger partial charge in [0.2, 0.25) is 0 Å². The fourth-order valence-electron chi connectivity index (χ4n) is 3.67. The van der Waals surface area contributed by atoms with E-state index in [1.165, 1.54) is 22.7 Å². The SMILES string of the molecule is Cc1ccc(N2C(=O)C(c3cccs3)=C(N3CCCCC3)C2=O)cc1C. The van der Waals surface area contributed by atoms with Crippen molar-refractivity contribution in [1.82, 2.24) is 4.90 Å².